The van der Waals surface area contributed by atoms with E-state index in [4.69, 9.17) is 4.52 Å². The first-order valence-electron chi connectivity index (χ1n) is 6.51. The van der Waals surface area contributed by atoms with Gasteiger partial charge < -0.3 is 14.7 Å². The first kappa shape index (κ1) is 13.1. The van der Waals surface area contributed by atoms with Crippen LogP contribution in [0.1, 0.15) is 30.4 Å². The fourth-order valence-electron chi connectivity index (χ4n) is 2.41. The number of piperazine rings is 1. The average molecular weight is 251 g/mol. The Morgan fingerprint density at radius 2 is 2.33 bits per heavy atom. The second-order valence-corrected chi connectivity index (χ2v) is 5.00. The van der Waals surface area contributed by atoms with Gasteiger partial charge in [0, 0.05) is 37.7 Å². The number of rotatable bonds is 3. The third kappa shape index (κ3) is 2.90. The predicted molar refractivity (Wildman–Crippen MR) is 68.3 cm³/mol. The van der Waals surface area contributed by atoms with Crippen LogP contribution in [-0.4, -0.2) is 41.6 Å². The molecule has 1 aromatic heterocycles. The van der Waals surface area contributed by atoms with E-state index in [1.807, 2.05) is 18.7 Å². The van der Waals surface area contributed by atoms with Gasteiger partial charge in [-0.1, -0.05) is 5.16 Å². The van der Waals surface area contributed by atoms with E-state index < -0.39 is 0 Å². The molecule has 0 bridgehead atoms. The monoisotopic (exact) mass is 251 g/mol. The van der Waals surface area contributed by atoms with Gasteiger partial charge in [0.2, 0.25) is 5.91 Å². The van der Waals surface area contributed by atoms with Gasteiger partial charge in [-0.2, -0.15) is 0 Å². The highest BCUT2D eigenvalue weighted by Gasteiger charge is 2.21. The van der Waals surface area contributed by atoms with Crippen molar-refractivity contribution in [1.29, 1.82) is 0 Å². The molecule has 0 saturated carbocycles. The molecule has 1 unspecified atom stereocenters. The molecule has 2 rings (SSSR count). The predicted octanol–water partition coefficient (Wildman–Crippen LogP) is 1.04. The van der Waals surface area contributed by atoms with E-state index in [1.54, 1.807) is 0 Å². The summed E-state index contributed by atoms with van der Waals surface area (Å²) in [6, 6.07) is 0.391. The van der Waals surface area contributed by atoms with E-state index >= 15 is 0 Å². The summed E-state index contributed by atoms with van der Waals surface area (Å²) in [6.45, 7) is 8.42. The van der Waals surface area contributed by atoms with E-state index in [9.17, 15) is 4.79 Å². The van der Waals surface area contributed by atoms with E-state index in [2.05, 4.69) is 17.4 Å². The third-order valence-corrected chi connectivity index (χ3v) is 3.49. The maximum Gasteiger partial charge on any atom is 0.223 e. The van der Waals surface area contributed by atoms with Crippen molar-refractivity contribution in [2.45, 2.75) is 39.7 Å². The molecule has 5 heteroatoms. The number of hydrogen-bond acceptors (Lipinski definition) is 4. The highest BCUT2D eigenvalue weighted by Crippen LogP contribution is 2.15. The van der Waals surface area contributed by atoms with Crippen molar-refractivity contribution < 1.29 is 9.32 Å². The highest BCUT2D eigenvalue weighted by atomic mass is 16.5. The van der Waals surface area contributed by atoms with Gasteiger partial charge in [-0.3, -0.25) is 4.79 Å². The van der Waals surface area contributed by atoms with Gasteiger partial charge in [0.15, 0.2) is 0 Å². The molecular weight excluding hydrogens is 230 g/mol. The van der Waals surface area contributed by atoms with Crippen molar-refractivity contribution in [1.82, 2.24) is 15.4 Å². The number of aryl methyl sites for hydroxylation is 2. The lowest BCUT2D eigenvalue weighted by Gasteiger charge is -2.32. The van der Waals surface area contributed by atoms with Crippen LogP contribution in [0.4, 0.5) is 0 Å². The molecule has 1 N–H and O–H groups in total. The van der Waals surface area contributed by atoms with Crippen LogP contribution >= 0.6 is 0 Å². The minimum Gasteiger partial charge on any atom is -0.361 e. The van der Waals surface area contributed by atoms with Crippen LogP contribution in [0, 0.1) is 13.8 Å². The molecule has 100 valence electrons. The van der Waals surface area contributed by atoms with Gasteiger partial charge in [0.05, 0.1) is 5.69 Å². The van der Waals surface area contributed by atoms with Crippen LogP contribution in [-0.2, 0) is 11.2 Å². The van der Waals surface area contributed by atoms with Crippen LogP contribution < -0.4 is 5.32 Å². The van der Waals surface area contributed by atoms with Gasteiger partial charge in [-0.05, 0) is 27.2 Å². The van der Waals surface area contributed by atoms with Crippen LogP contribution in [0.15, 0.2) is 4.52 Å². The summed E-state index contributed by atoms with van der Waals surface area (Å²) < 4.78 is 5.11. The van der Waals surface area contributed by atoms with Crippen LogP contribution in [0.3, 0.4) is 0 Å². The summed E-state index contributed by atoms with van der Waals surface area (Å²) in [7, 11) is 0. The Hall–Kier alpha value is -1.36. The lowest BCUT2D eigenvalue weighted by atomic mass is 10.1. The fraction of sp³-hybridized carbons (Fsp3) is 0.692. The quantitative estimate of drug-likeness (QED) is 0.872. The summed E-state index contributed by atoms with van der Waals surface area (Å²) in [5, 5.41) is 7.24. The molecule has 0 aromatic carbocycles. The number of carbonyl (C=O) groups excluding carboxylic acids is 1. The standard InChI is InChI=1S/C13H21N3O2/c1-9-8-16(7-6-14-9)13(17)5-4-12-10(2)15-18-11(12)3/h9,14H,4-8H2,1-3H3. The molecule has 1 amide bonds. The Morgan fingerprint density at radius 3 is 2.94 bits per heavy atom. The van der Waals surface area contributed by atoms with Gasteiger partial charge in [-0.15, -0.1) is 0 Å². The summed E-state index contributed by atoms with van der Waals surface area (Å²) in [4.78, 5) is 14.1. The Labute approximate surface area is 108 Å². The van der Waals surface area contributed by atoms with Crippen molar-refractivity contribution in [3.63, 3.8) is 0 Å². The first-order valence-corrected chi connectivity index (χ1v) is 6.51. The second kappa shape index (κ2) is 5.52. The molecule has 2 heterocycles. The average Bonchev–Trinajstić information content (AvgIpc) is 2.66. The molecule has 1 saturated heterocycles. The van der Waals surface area contributed by atoms with E-state index in [0.717, 1.165) is 43.1 Å². The van der Waals surface area contributed by atoms with Crippen LogP contribution in [0.2, 0.25) is 0 Å². The largest absolute Gasteiger partial charge is 0.361 e. The van der Waals surface area contributed by atoms with Crippen molar-refractivity contribution in [3.8, 4) is 0 Å². The molecule has 1 aliphatic heterocycles. The topological polar surface area (TPSA) is 58.4 Å². The lowest BCUT2D eigenvalue weighted by Crippen LogP contribution is -2.51. The molecule has 1 atom stereocenters. The Morgan fingerprint density at radius 1 is 1.56 bits per heavy atom. The Bertz CT molecular complexity index is 408. The Balaban J connectivity index is 1.88. The van der Waals surface area contributed by atoms with Gasteiger partial charge in [-0.25, -0.2) is 0 Å². The summed E-state index contributed by atoms with van der Waals surface area (Å²) in [6.07, 6.45) is 1.26. The lowest BCUT2D eigenvalue weighted by molar-refractivity contribution is -0.132. The summed E-state index contributed by atoms with van der Waals surface area (Å²) in [5.74, 6) is 1.05. The Kier molecular flexibility index (Phi) is 4.01. The molecular formula is C13H21N3O2. The molecule has 0 aliphatic carbocycles. The van der Waals surface area contributed by atoms with Crippen molar-refractivity contribution in [2.75, 3.05) is 19.6 Å². The minimum absolute atomic E-state index is 0.225. The fourth-order valence-corrected chi connectivity index (χ4v) is 2.41. The SMILES string of the molecule is Cc1noc(C)c1CCC(=O)N1CCNC(C)C1. The van der Waals surface area contributed by atoms with Gasteiger partial charge in [0.25, 0.3) is 0 Å². The zero-order valence-electron chi connectivity index (χ0n) is 11.3. The second-order valence-electron chi connectivity index (χ2n) is 5.00. The molecule has 1 aromatic rings. The zero-order valence-corrected chi connectivity index (χ0v) is 11.3. The molecule has 18 heavy (non-hydrogen) atoms. The smallest absolute Gasteiger partial charge is 0.223 e. The van der Waals surface area contributed by atoms with Crippen molar-refractivity contribution in [3.05, 3.63) is 17.0 Å². The number of carbonyl (C=O) groups is 1. The van der Waals surface area contributed by atoms with Crippen molar-refractivity contribution >= 4 is 5.91 Å². The number of hydrogen-bond donors (Lipinski definition) is 1. The van der Waals surface area contributed by atoms with Crippen molar-refractivity contribution in [2.24, 2.45) is 0 Å². The maximum atomic E-state index is 12.1. The molecule has 0 spiro atoms. The molecule has 5 nitrogen and oxygen atoms in total. The molecule has 0 radical (unpaired) electrons. The number of nitrogens with one attached hydrogen (secondary N) is 1. The summed E-state index contributed by atoms with van der Waals surface area (Å²) >= 11 is 0. The molecule has 1 fully saturated rings. The van der Waals surface area contributed by atoms with Crippen LogP contribution in [0.5, 0.6) is 0 Å². The number of nitrogens with zero attached hydrogens (tertiary/aromatic N) is 2. The van der Waals surface area contributed by atoms with E-state index in [-0.39, 0.29) is 5.91 Å². The summed E-state index contributed by atoms with van der Waals surface area (Å²) in [5.41, 5.74) is 1.97. The van der Waals surface area contributed by atoms with E-state index in [0.29, 0.717) is 12.5 Å². The van der Waals surface area contributed by atoms with Gasteiger partial charge in [0.1, 0.15) is 5.76 Å². The number of aromatic nitrogens is 1. The highest BCUT2D eigenvalue weighted by molar-refractivity contribution is 5.76. The molecule has 1 aliphatic rings. The maximum absolute atomic E-state index is 12.1. The van der Waals surface area contributed by atoms with Crippen LogP contribution in [0.25, 0.3) is 0 Å². The normalized spacial score (nSPS) is 20.2. The first-order chi connectivity index (χ1) is 8.58. The zero-order chi connectivity index (χ0) is 13.1. The third-order valence-electron chi connectivity index (χ3n) is 3.49. The van der Waals surface area contributed by atoms with E-state index in [1.165, 1.54) is 0 Å². The van der Waals surface area contributed by atoms with Gasteiger partial charge >= 0.3 is 0 Å². The minimum atomic E-state index is 0.225. The number of amides is 1.